The fraction of sp³-hybridized carbons (Fsp3) is 0. The van der Waals surface area contributed by atoms with Crippen LogP contribution in [0.25, 0.3) is 0 Å². The molecule has 0 spiro atoms. The standard InChI is InChI=1S/C13H9Cl2IN2S/c14-10-6-8(2-3-9(10)13(17)19)18-12-4-1-7(16)5-11(12)15/h1-6,18H,(H2,17,19). The molecule has 3 N–H and O–H groups in total. The molecule has 0 heterocycles. The second-order valence-electron chi connectivity index (χ2n) is 3.81. The van der Waals surface area contributed by atoms with E-state index >= 15 is 0 Å². The third-order valence-electron chi connectivity index (χ3n) is 2.44. The summed E-state index contributed by atoms with van der Waals surface area (Å²) in [5.41, 5.74) is 7.87. The SMILES string of the molecule is NC(=S)c1ccc(Nc2ccc(I)cc2Cl)cc1Cl. The molecule has 19 heavy (non-hydrogen) atoms. The number of halogens is 3. The molecule has 0 amide bonds. The Morgan fingerprint density at radius 3 is 2.42 bits per heavy atom. The largest absolute Gasteiger partial charge is 0.389 e. The van der Waals surface area contributed by atoms with Crippen molar-refractivity contribution in [1.29, 1.82) is 0 Å². The first kappa shape index (κ1) is 14.8. The molecule has 0 saturated heterocycles. The monoisotopic (exact) mass is 422 g/mol. The van der Waals surface area contributed by atoms with Crippen molar-refractivity contribution < 1.29 is 0 Å². The first-order valence-electron chi connectivity index (χ1n) is 5.29. The summed E-state index contributed by atoms with van der Waals surface area (Å²) in [6, 6.07) is 11.2. The summed E-state index contributed by atoms with van der Waals surface area (Å²) in [6.45, 7) is 0. The molecular weight excluding hydrogens is 414 g/mol. The van der Waals surface area contributed by atoms with Crippen molar-refractivity contribution in [3.8, 4) is 0 Å². The Bertz CT molecular complexity index is 647. The van der Waals surface area contributed by atoms with Crippen LogP contribution in [-0.2, 0) is 0 Å². The molecule has 0 aromatic heterocycles. The lowest BCUT2D eigenvalue weighted by Gasteiger charge is -2.10. The lowest BCUT2D eigenvalue weighted by Crippen LogP contribution is -2.09. The van der Waals surface area contributed by atoms with E-state index in [1.807, 2.05) is 24.3 Å². The van der Waals surface area contributed by atoms with Gasteiger partial charge < -0.3 is 11.1 Å². The summed E-state index contributed by atoms with van der Waals surface area (Å²) in [5, 5.41) is 4.37. The van der Waals surface area contributed by atoms with E-state index in [4.69, 9.17) is 41.2 Å². The summed E-state index contributed by atoms with van der Waals surface area (Å²) in [5.74, 6) is 0. The van der Waals surface area contributed by atoms with Gasteiger partial charge in [-0.2, -0.15) is 0 Å². The number of benzene rings is 2. The Labute approximate surface area is 140 Å². The number of rotatable bonds is 3. The number of nitrogens with two attached hydrogens (primary N) is 1. The molecule has 6 heteroatoms. The Balaban J connectivity index is 2.29. The highest BCUT2D eigenvalue weighted by atomic mass is 127. The van der Waals surface area contributed by atoms with Gasteiger partial charge in [0.2, 0.25) is 0 Å². The second kappa shape index (κ2) is 6.26. The van der Waals surface area contributed by atoms with Crippen molar-refractivity contribution in [2.24, 2.45) is 5.73 Å². The van der Waals surface area contributed by atoms with Gasteiger partial charge in [-0.05, 0) is 59.0 Å². The second-order valence-corrected chi connectivity index (χ2v) is 6.31. The molecule has 0 aliphatic carbocycles. The molecule has 0 atom stereocenters. The summed E-state index contributed by atoms with van der Waals surface area (Å²) < 4.78 is 1.08. The Kier molecular flexibility index (Phi) is 4.89. The summed E-state index contributed by atoms with van der Waals surface area (Å²) >= 11 is 19.4. The molecule has 2 nitrogen and oxygen atoms in total. The Morgan fingerprint density at radius 2 is 1.84 bits per heavy atom. The van der Waals surface area contributed by atoms with Gasteiger partial charge in [-0.25, -0.2) is 0 Å². The normalized spacial score (nSPS) is 10.3. The number of hydrogen-bond donors (Lipinski definition) is 2. The van der Waals surface area contributed by atoms with E-state index in [0.29, 0.717) is 15.6 Å². The molecule has 0 radical (unpaired) electrons. The van der Waals surface area contributed by atoms with Crippen molar-refractivity contribution in [2.75, 3.05) is 5.32 Å². The molecule has 98 valence electrons. The number of anilines is 2. The van der Waals surface area contributed by atoms with Crippen LogP contribution < -0.4 is 11.1 Å². The van der Waals surface area contributed by atoms with Gasteiger partial charge in [-0.3, -0.25) is 0 Å². The van der Waals surface area contributed by atoms with Crippen molar-refractivity contribution in [1.82, 2.24) is 0 Å². The number of nitrogens with one attached hydrogen (secondary N) is 1. The van der Waals surface area contributed by atoms with E-state index in [1.54, 1.807) is 12.1 Å². The lowest BCUT2D eigenvalue weighted by molar-refractivity contribution is 1.52. The van der Waals surface area contributed by atoms with Gasteiger partial charge in [0.25, 0.3) is 0 Å². The zero-order chi connectivity index (χ0) is 14.0. The van der Waals surface area contributed by atoms with E-state index in [9.17, 15) is 0 Å². The Hall–Kier alpha value is -0.560. The van der Waals surface area contributed by atoms with Crippen molar-refractivity contribution in [3.05, 3.63) is 55.6 Å². The number of hydrogen-bond acceptors (Lipinski definition) is 2. The van der Waals surface area contributed by atoms with Crippen molar-refractivity contribution in [2.45, 2.75) is 0 Å². The maximum absolute atomic E-state index is 6.16. The topological polar surface area (TPSA) is 38.0 Å². The van der Waals surface area contributed by atoms with Gasteiger partial charge in [-0.1, -0.05) is 35.4 Å². The molecule has 0 aliphatic rings. The maximum Gasteiger partial charge on any atom is 0.105 e. The van der Waals surface area contributed by atoms with Gasteiger partial charge in [0.1, 0.15) is 4.99 Å². The van der Waals surface area contributed by atoms with Crippen LogP contribution in [0.2, 0.25) is 10.0 Å². The predicted molar refractivity (Wildman–Crippen MR) is 94.8 cm³/mol. The van der Waals surface area contributed by atoms with Crippen LogP contribution in [0.5, 0.6) is 0 Å². The fourth-order valence-electron chi connectivity index (χ4n) is 1.54. The molecule has 0 saturated carbocycles. The van der Waals surface area contributed by atoms with Crippen LogP contribution in [0.4, 0.5) is 11.4 Å². The lowest BCUT2D eigenvalue weighted by atomic mass is 10.2. The molecule has 0 bridgehead atoms. The van der Waals surface area contributed by atoms with Gasteiger partial charge in [-0.15, -0.1) is 0 Å². The molecule has 2 rings (SSSR count). The highest BCUT2D eigenvalue weighted by molar-refractivity contribution is 14.1. The third kappa shape index (κ3) is 3.72. The van der Waals surface area contributed by atoms with E-state index < -0.39 is 0 Å². The summed E-state index contributed by atoms with van der Waals surface area (Å²) in [7, 11) is 0. The Morgan fingerprint density at radius 1 is 1.11 bits per heavy atom. The first-order valence-corrected chi connectivity index (χ1v) is 7.53. The molecule has 0 unspecified atom stereocenters. The minimum atomic E-state index is 0.281. The summed E-state index contributed by atoms with van der Waals surface area (Å²) in [4.78, 5) is 0.281. The van der Waals surface area contributed by atoms with E-state index in [-0.39, 0.29) is 4.99 Å². The number of thiocarbonyl (C=S) groups is 1. The van der Waals surface area contributed by atoms with E-state index in [2.05, 4.69) is 27.9 Å². The molecular formula is C13H9Cl2IN2S. The first-order chi connectivity index (χ1) is 8.97. The van der Waals surface area contributed by atoms with E-state index in [0.717, 1.165) is 14.9 Å². The van der Waals surface area contributed by atoms with Crippen LogP contribution in [-0.4, -0.2) is 4.99 Å². The van der Waals surface area contributed by atoms with Crippen LogP contribution in [0.1, 0.15) is 5.56 Å². The molecule has 0 aliphatic heterocycles. The van der Waals surface area contributed by atoms with E-state index in [1.165, 1.54) is 0 Å². The maximum atomic E-state index is 6.16. The average molecular weight is 423 g/mol. The van der Waals surface area contributed by atoms with Crippen LogP contribution in [0.3, 0.4) is 0 Å². The summed E-state index contributed by atoms with van der Waals surface area (Å²) in [6.07, 6.45) is 0. The van der Waals surface area contributed by atoms with Crippen LogP contribution in [0.15, 0.2) is 36.4 Å². The highest BCUT2D eigenvalue weighted by Gasteiger charge is 2.06. The highest BCUT2D eigenvalue weighted by Crippen LogP contribution is 2.29. The molecule has 2 aromatic rings. The van der Waals surface area contributed by atoms with Gasteiger partial charge in [0, 0.05) is 14.8 Å². The van der Waals surface area contributed by atoms with Gasteiger partial charge in [0.05, 0.1) is 15.7 Å². The average Bonchev–Trinajstić information content (AvgIpc) is 2.32. The smallest absolute Gasteiger partial charge is 0.105 e. The molecule has 0 fully saturated rings. The fourth-order valence-corrected chi connectivity index (χ4v) is 2.96. The predicted octanol–water partition coefficient (Wildman–Crippen LogP) is 4.98. The minimum absolute atomic E-state index is 0.281. The zero-order valence-electron chi connectivity index (χ0n) is 9.58. The van der Waals surface area contributed by atoms with Crippen molar-refractivity contribution in [3.63, 3.8) is 0 Å². The van der Waals surface area contributed by atoms with Gasteiger partial charge >= 0.3 is 0 Å². The van der Waals surface area contributed by atoms with Crippen molar-refractivity contribution >= 4 is 74.4 Å². The minimum Gasteiger partial charge on any atom is -0.389 e. The zero-order valence-corrected chi connectivity index (χ0v) is 14.1. The third-order valence-corrected chi connectivity index (χ3v) is 3.96. The molecule has 2 aromatic carbocycles. The van der Waals surface area contributed by atoms with Crippen LogP contribution in [0, 0.1) is 3.57 Å². The van der Waals surface area contributed by atoms with Gasteiger partial charge in [0.15, 0.2) is 0 Å². The quantitative estimate of drug-likeness (QED) is 0.541. The van der Waals surface area contributed by atoms with Crippen LogP contribution >= 0.6 is 58.0 Å².